The Balaban J connectivity index is 2.14. The molecule has 0 bridgehead atoms. The molecule has 1 atom stereocenters. The Kier molecular flexibility index (Phi) is 3.99. The minimum atomic E-state index is -3.55. The third-order valence-corrected chi connectivity index (χ3v) is 6.08. The van der Waals surface area contributed by atoms with Crippen LogP contribution in [0.15, 0.2) is 40.5 Å². The van der Waals surface area contributed by atoms with Crippen LogP contribution >= 0.6 is 23.4 Å². The summed E-state index contributed by atoms with van der Waals surface area (Å²) in [7, 11) is -3.55. The predicted molar refractivity (Wildman–Crippen MR) is 86.7 cm³/mol. The van der Waals surface area contributed by atoms with Gasteiger partial charge in [-0.2, -0.15) is 0 Å². The molecule has 1 aliphatic carbocycles. The summed E-state index contributed by atoms with van der Waals surface area (Å²) in [6.07, 6.45) is 2.79. The largest absolute Gasteiger partial charge is 0.392 e. The van der Waals surface area contributed by atoms with Gasteiger partial charge in [-0.05, 0) is 29.6 Å². The lowest BCUT2D eigenvalue weighted by molar-refractivity contribution is -0.0267. The lowest BCUT2D eigenvalue weighted by Gasteiger charge is -2.12. The van der Waals surface area contributed by atoms with Gasteiger partial charge in [-0.3, -0.25) is 4.79 Å². The molecule has 8 heteroatoms. The van der Waals surface area contributed by atoms with Gasteiger partial charge in [0.1, 0.15) is 5.76 Å². The second kappa shape index (κ2) is 5.48. The Morgan fingerprint density at radius 2 is 1.96 bits per heavy atom. The molecule has 3 rings (SSSR count). The predicted octanol–water partition coefficient (Wildman–Crippen LogP) is 3.29. The van der Waals surface area contributed by atoms with Gasteiger partial charge in [0.25, 0.3) is 0 Å². The molecule has 1 saturated carbocycles. The van der Waals surface area contributed by atoms with Gasteiger partial charge in [0.15, 0.2) is 21.1 Å². The minimum Gasteiger partial charge on any atom is -0.392 e. The Morgan fingerprint density at radius 1 is 1.35 bits per heavy atom. The normalized spacial score (nSPS) is 23.7. The number of sulfone groups is 1. The highest BCUT2D eigenvalue weighted by molar-refractivity contribution is 7.90. The summed E-state index contributed by atoms with van der Waals surface area (Å²) < 4.78 is 24.8. The molecule has 0 N–H and O–H groups in total. The van der Waals surface area contributed by atoms with Crippen molar-refractivity contribution in [1.82, 2.24) is 4.58 Å². The van der Waals surface area contributed by atoms with Crippen molar-refractivity contribution in [3.63, 3.8) is 0 Å². The Morgan fingerprint density at radius 3 is 2.52 bits per heavy atom. The van der Waals surface area contributed by atoms with E-state index in [4.69, 9.17) is 28.2 Å². The first-order valence-electron chi connectivity index (χ1n) is 7.01. The number of allylic oxidation sites excluding steroid dienone is 1. The van der Waals surface area contributed by atoms with Crippen LogP contribution in [0.3, 0.4) is 0 Å². The smallest absolute Gasteiger partial charge is 0.196 e. The number of ketones is 1. The van der Waals surface area contributed by atoms with E-state index in [1.54, 1.807) is 12.1 Å². The zero-order valence-electron chi connectivity index (χ0n) is 12.5. The SMILES string of the molecule is CC1(C2=C(C(=O)c3ccccc3S(C)(=O)=O)C(Cl)N(Cl)O2)CC1. The summed E-state index contributed by atoms with van der Waals surface area (Å²) in [4.78, 5) is 18.4. The molecule has 5 nitrogen and oxygen atoms in total. The Bertz CT molecular complexity index is 815. The Labute approximate surface area is 144 Å². The maximum Gasteiger partial charge on any atom is 0.196 e. The highest BCUT2D eigenvalue weighted by Crippen LogP contribution is 2.56. The van der Waals surface area contributed by atoms with Crippen LogP contribution in [0.1, 0.15) is 30.1 Å². The van der Waals surface area contributed by atoms with Crippen LogP contribution in [-0.4, -0.2) is 30.5 Å². The molecular weight excluding hydrogens is 361 g/mol. The fourth-order valence-electron chi connectivity index (χ4n) is 2.58. The van der Waals surface area contributed by atoms with E-state index in [1.165, 1.54) is 12.1 Å². The lowest BCUT2D eigenvalue weighted by Crippen LogP contribution is -2.21. The standard InChI is InChI=1S/C15H15Cl2NO4S/c1-15(7-8-15)13-11(14(16)18(17)22-13)12(19)9-5-3-4-6-10(9)23(2,20)21/h3-6,14H,7-8H2,1-2H3. The second-order valence-electron chi connectivity index (χ2n) is 6.10. The maximum atomic E-state index is 13.0. The van der Waals surface area contributed by atoms with Crippen LogP contribution in [-0.2, 0) is 14.7 Å². The van der Waals surface area contributed by atoms with Crippen LogP contribution in [0.25, 0.3) is 0 Å². The first-order valence-corrected chi connectivity index (χ1v) is 9.67. The molecular formula is C15H15Cl2NO4S. The van der Waals surface area contributed by atoms with E-state index < -0.39 is 21.1 Å². The van der Waals surface area contributed by atoms with E-state index in [0.29, 0.717) is 5.76 Å². The molecule has 1 heterocycles. The van der Waals surface area contributed by atoms with Crippen molar-refractivity contribution < 1.29 is 18.0 Å². The van der Waals surface area contributed by atoms with Crippen molar-refractivity contribution in [2.45, 2.75) is 30.2 Å². The van der Waals surface area contributed by atoms with Crippen molar-refractivity contribution in [1.29, 1.82) is 0 Å². The quantitative estimate of drug-likeness (QED) is 0.349. The van der Waals surface area contributed by atoms with Gasteiger partial charge in [-0.1, -0.05) is 30.7 Å². The highest BCUT2D eigenvalue weighted by Gasteiger charge is 2.52. The number of hydrogen-bond acceptors (Lipinski definition) is 5. The van der Waals surface area contributed by atoms with E-state index in [1.807, 2.05) is 6.92 Å². The number of Topliss-reactive ketones (excluding diaryl/α,β-unsaturated/α-hetero) is 1. The topological polar surface area (TPSA) is 63.7 Å². The molecule has 1 aromatic carbocycles. The number of carbonyl (C=O) groups excluding carboxylic acids is 1. The molecule has 23 heavy (non-hydrogen) atoms. The number of hydroxylamine groups is 1. The first-order chi connectivity index (χ1) is 10.6. The fraction of sp³-hybridized carbons (Fsp3) is 0.400. The van der Waals surface area contributed by atoms with Crippen LogP contribution in [0.5, 0.6) is 0 Å². The molecule has 124 valence electrons. The van der Waals surface area contributed by atoms with Crippen LogP contribution in [0.2, 0.25) is 0 Å². The van der Waals surface area contributed by atoms with Crippen LogP contribution in [0.4, 0.5) is 0 Å². The summed E-state index contributed by atoms with van der Waals surface area (Å²) in [5.74, 6) is -0.0434. The van der Waals surface area contributed by atoms with E-state index in [0.717, 1.165) is 23.7 Å². The summed E-state index contributed by atoms with van der Waals surface area (Å²) >= 11 is 12.1. The molecule has 1 aliphatic heterocycles. The molecule has 0 aromatic heterocycles. The van der Waals surface area contributed by atoms with Gasteiger partial charge in [0.05, 0.1) is 10.5 Å². The molecule has 1 unspecified atom stereocenters. The molecule has 0 amide bonds. The number of hydrogen-bond donors (Lipinski definition) is 0. The first kappa shape index (κ1) is 16.8. The number of carbonyl (C=O) groups is 1. The van der Waals surface area contributed by atoms with Gasteiger partial charge in [-0.15, -0.1) is 0 Å². The second-order valence-corrected chi connectivity index (χ2v) is 8.83. The number of halogens is 2. The lowest BCUT2D eigenvalue weighted by atomic mass is 9.96. The highest BCUT2D eigenvalue weighted by atomic mass is 35.5. The van der Waals surface area contributed by atoms with Gasteiger partial charge in [0, 0.05) is 29.0 Å². The van der Waals surface area contributed by atoms with E-state index >= 15 is 0 Å². The van der Waals surface area contributed by atoms with Gasteiger partial charge < -0.3 is 4.84 Å². The van der Waals surface area contributed by atoms with Gasteiger partial charge in [-0.25, -0.2) is 8.42 Å². The monoisotopic (exact) mass is 375 g/mol. The van der Waals surface area contributed by atoms with Crippen molar-refractivity contribution in [2.24, 2.45) is 5.41 Å². The van der Waals surface area contributed by atoms with Crippen molar-refractivity contribution >= 4 is 39.0 Å². The summed E-state index contributed by atoms with van der Waals surface area (Å²) in [6.45, 7) is 1.96. The zero-order chi connectivity index (χ0) is 17.0. The summed E-state index contributed by atoms with van der Waals surface area (Å²) in [6, 6.07) is 6.05. The average molecular weight is 376 g/mol. The molecule has 2 aliphatic rings. The van der Waals surface area contributed by atoms with Gasteiger partial charge >= 0.3 is 0 Å². The number of rotatable bonds is 4. The summed E-state index contributed by atoms with van der Waals surface area (Å²) in [5, 5.41) is 0. The molecule has 1 aromatic rings. The average Bonchev–Trinajstić information content (AvgIpc) is 3.16. The van der Waals surface area contributed by atoms with Gasteiger partial charge in [0.2, 0.25) is 0 Å². The molecule has 0 saturated heterocycles. The fourth-order valence-corrected chi connectivity index (χ4v) is 3.87. The van der Waals surface area contributed by atoms with Crippen molar-refractivity contribution in [3.8, 4) is 0 Å². The van der Waals surface area contributed by atoms with Crippen molar-refractivity contribution in [2.75, 3.05) is 6.26 Å². The van der Waals surface area contributed by atoms with E-state index in [2.05, 4.69) is 0 Å². The number of nitrogens with zero attached hydrogens (tertiary/aromatic N) is 1. The number of alkyl halides is 1. The number of benzene rings is 1. The van der Waals surface area contributed by atoms with Crippen LogP contribution < -0.4 is 0 Å². The molecule has 0 radical (unpaired) electrons. The third kappa shape index (κ3) is 2.89. The minimum absolute atomic E-state index is 0.0327. The zero-order valence-corrected chi connectivity index (χ0v) is 14.9. The third-order valence-electron chi connectivity index (χ3n) is 4.16. The Hall–Kier alpha value is -1.08. The maximum absolute atomic E-state index is 13.0. The van der Waals surface area contributed by atoms with Crippen molar-refractivity contribution in [3.05, 3.63) is 41.2 Å². The van der Waals surface area contributed by atoms with E-state index in [9.17, 15) is 13.2 Å². The molecule has 1 fully saturated rings. The molecule has 0 spiro atoms. The van der Waals surface area contributed by atoms with E-state index in [-0.39, 0.29) is 21.4 Å². The summed E-state index contributed by atoms with van der Waals surface area (Å²) in [5.41, 5.74) is -0.961. The van der Waals surface area contributed by atoms with Crippen LogP contribution in [0, 0.1) is 5.41 Å².